The Hall–Kier alpha value is -0.0600. The van der Waals surface area contributed by atoms with Crippen LogP contribution in [-0.4, -0.2) is 29.6 Å². The van der Waals surface area contributed by atoms with Gasteiger partial charge in [0.05, 0.1) is 5.01 Å². The molecule has 0 bridgehead atoms. The van der Waals surface area contributed by atoms with Crippen molar-refractivity contribution in [2.24, 2.45) is 0 Å². The van der Waals surface area contributed by atoms with Gasteiger partial charge in [0.2, 0.25) is 0 Å². The van der Waals surface area contributed by atoms with Crippen LogP contribution in [0.15, 0.2) is 6.20 Å². The van der Waals surface area contributed by atoms with E-state index in [0.29, 0.717) is 0 Å². The van der Waals surface area contributed by atoms with Crippen molar-refractivity contribution in [2.45, 2.75) is 30.9 Å². The third kappa shape index (κ3) is 3.47. The quantitative estimate of drug-likeness (QED) is 0.858. The van der Waals surface area contributed by atoms with E-state index in [1.165, 1.54) is 34.9 Å². The molecular formula is C11H18N2S2. The molecule has 84 valence electrons. The number of nitrogens with zero attached hydrogens (tertiary/aromatic N) is 1. The van der Waals surface area contributed by atoms with E-state index in [1.807, 2.05) is 18.4 Å². The standard InChI is InChI=1S/C11H18N2S2/c1-12-5-4-10-8-13-11(15-10)7-9-3-2-6-14-9/h8-9,12H,2-7H2,1H3. The van der Waals surface area contributed by atoms with Crippen molar-refractivity contribution < 1.29 is 0 Å². The van der Waals surface area contributed by atoms with E-state index < -0.39 is 0 Å². The molecule has 1 unspecified atom stereocenters. The summed E-state index contributed by atoms with van der Waals surface area (Å²) in [5, 5.41) is 5.35. The Morgan fingerprint density at radius 1 is 1.60 bits per heavy atom. The summed E-state index contributed by atoms with van der Waals surface area (Å²) in [6, 6.07) is 0. The first kappa shape index (κ1) is 11.4. The minimum atomic E-state index is 0.841. The fourth-order valence-electron chi connectivity index (χ4n) is 1.81. The van der Waals surface area contributed by atoms with Crippen molar-refractivity contribution in [3.8, 4) is 0 Å². The monoisotopic (exact) mass is 242 g/mol. The third-order valence-corrected chi connectivity index (χ3v) is 5.13. The zero-order valence-electron chi connectivity index (χ0n) is 9.16. The number of hydrogen-bond donors (Lipinski definition) is 1. The molecule has 2 rings (SSSR count). The maximum absolute atomic E-state index is 4.51. The van der Waals surface area contributed by atoms with Crippen molar-refractivity contribution in [2.75, 3.05) is 19.3 Å². The molecule has 1 aromatic heterocycles. The van der Waals surface area contributed by atoms with Crippen molar-refractivity contribution in [3.63, 3.8) is 0 Å². The van der Waals surface area contributed by atoms with Gasteiger partial charge < -0.3 is 5.32 Å². The molecule has 15 heavy (non-hydrogen) atoms. The lowest BCUT2D eigenvalue weighted by Gasteiger charge is -2.03. The number of hydrogen-bond acceptors (Lipinski definition) is 4. The molecule has 0 amide bonds. The van der Waals surface area contributed by atoms with E-state index >= 15 is 0 Å². The molecule has 1 fully saturated rings. The summed E-state index contributed by atoms with van der Waals surface area (Å²) in [5.74, 6) is 1.35. The minimum Gasteiger partial charge on any atom is -0.319 e. The SMILES string of the molecule is CNCCc1cnc(CC2CCCS2)s1. The highest BCUT2D eigenvalue weighted by molar-refractivity contribution is 8.00. The molecule has 1 aliphatic heterocycles. The Labute approximate surface area is 99.9 Å². The summed E-state index contributed by atoms with van der Waals surface area (Å²) in [6.07, 6.45) is 7.14. The van der Waals surface area contributed by atoms with Gasteiger partial charge in [-0.3, -0.25) is 0 Å². The number of likely N-dealkylation sites (N-methyl/N-ethyl adjacent to an activating group) is 1. The maximum Gasteiger partial charge on any atom is 0.0938 e. The lowest BCUT2D eigenvalue weighted by atomic mass is 10.2. The lowest BCUT2D eigenvalue weighted by molar-refractivity contribution is 0.773. The number of aromatic nitrogens is 1. The van der Waals surface area contributed by atoms with Crippen molar-refractivity contribution in [3.05, 3.63) is 16.1 Å². The van der Waals surface area contributed by atoms with Gasteiger partial charge in [0, 0.05) is 22.7 Å². The molecule has 4 heteroatoms. The van der Waals surface area contributed by atoms with Crippen molar-refractivity contribution >= 4 is 23.1 Å². The van der Waals surface area contributed by atoms with E-state index in [4.69, 9.17) is 0 Å². The van der Waals surface area contributed by atoms with Crippen LogP contribution in [0, 0.1) is 0 Å². The smallest absolute Gasteiger partial charge is 0.0938 e. The van der Waals surface area contributed by atoms with Crippen LogP contribution in [0.2, 0.25) is 0 Å². The normalized spacial score (nSPS) is 21.0. The van der Waals surface area contributed by atoms with Gasteiger partial charge in [0.25, 0.3) is 0 Å². The van der Waals surface area contributed by atoms with Crippen LogP contribution in [0.4, 0.5) is 0 Å². The molecule has 0 radical (unpaired) electrons. The van der Waals surface area contributed by atoms with Crippen LogP contribution in [0.3, 0.4) is 0 Å². The van der Waals surface area contributed by atoms with E-state index in [1.54, 1.807) is 0 Å². The summed E-state index contributed by atoms with van der Waals surface area (Å²) < 4.78 is 0. The first-order valence-electron chi connectivity index (χ1n) is 5.58. The maximum atomic E-state index is 4.51. The highest BCUT2D eigenvalue weighted by Crippen LogP contribution is 2.30. The van der Waals surface area contributed by atoms with Gasteiger partial charge >= 0.3 is 0 Å². The molecule has 0 aliphatic carbocycles. The van der Waals surface area contributed by atoms with Crippen molar-refractivity contribution in [1.82, 2.24) is 10.3 Å². The molecule has 0 saturated carbocycles. The minimum absolute atomic E-state index is 0.841. The Bertz CT molecular complexity index is 293. The van der Waals surface area contributed by atoms with E-state index in [2.05, 4.69) is 28.3 Å². The molecule has 1 saturated heterocycles. The fraction of sp³-hybridized carbons (Fsp3) is 0.727. The second-order valence-electron chi connectivity index (χ2n) is 3.91. The first-order chi connectivity index (χ1) is 7.38. The Balaban J connectivity index is 1.83. The molecular weight excluding hydrogens is 224 g/mol. The van der Waals surface area contributed by atoms with Crippen LogP contribution < -0.4 is 5.32 Å². The Kier molecular flexibility index (Phi) is 4.47. The van der Waals surface area contributed by atoms with E-state index in [-0.39, 0.29) is 0 Å². The second kappa shape index (κ2) is 5.87. The highest BCUT2D eigenvalue weighted by atomic mass is 32.2. The predicted octanol–water partition coefficient (Wildman–Crippen LogP) is 2.34. The summed E-state index contributed by atoms with van der Waals surface area (Å²) >= 11 is 4.01. The number of nitrogens with one attached hydrogen (secondary N) is 1. The first-order valence-corrected chi connectivity index (χ1v) is 7.45. The number of thioether (sulfide) groups is 1. The third-order valence-electron chi connectivity index (χ3n) is 2.65. The zero-order chi connectivity index (χ0) is 10.5. The summed E-state index contributed by atoms with van der Waals surface area (Å²) in [5.41, 5.74) is 0. The number of rotatable bonds is 5. The van der Waals surface area contributed by atoms with Crippen LogP contribution in [0.25, 0.3) is 0 Å². The molecule has 2 heterocycles. The average Bonchev–Trinajstić information content (AvgIpc) is 2.87. The highest BCUT2D eigenvalue weighted by Gasteiger charge is 2.17. The van der Waals surface area contributed by atoms with Crippen molar-refractivity contribution in [1.29, 1.82) is 0 Å². The molecule has 1 N–H and O–H groups in total. The van der Waals surface area contributed by atoms with Gasteiger partial charge in [-0.15, -0.1) is 11.3 Å². The van der Waals surface area contributed by atoms with Crippen LogP contribution in [0.1, 0.15) is 22.7 Å². The zero-order valence-corrected chi connectivity index (χ0v) is 10.8. The molecule has 2 nitrogen and oxygen atoms in total. The van der Waals surface area contributed by atoms with Crippen LogP contribution in [-0.2, 0) is 12.8 Å². The largest absolute Gasteiger partial charge is 0.319 e. The van der Waals surface area contributed by atoms with Crippen LogP contribution in [0.5, 0.6) is 0 Å². The van der Waals surface area contributed by atoms with Crippen LogP contribution >= 0.6 is 23.1 Å². The molecule has 0 spiro atoms. The van der Waals surface area contributed by atoms with Gasteiger partial charge in [-0.25, -0.2) is 4.98 Å². The van der Waals surface area contributed by atoms with Gasteiger partial charge in [-0.2, -0.15) is 11.8 Å². The molecule has 1 aromatic rings. The molecule has 0 aromatic carbocycles. The topological polar surface area (TPSA) is 24.9 Å². The lowest BCUT2D eigenvalue weighted by Crippen LogP contribution is -2.09. The second-order valence-corrected chi connectivity index (χ2v) is 6.52. The Morgan fingerprint density at radius 3 is 3.27 bits per heavy atom. The summed E-state index contributed by atoms with van der Waals surface area (Å²) in [7, 11) is 2.00. The number of thiazole rings is 1. The van der Waals surface area contributed by atoms with Gasteiger partial charge in [0.15, 0.2) is 0 Å². The van der Waals surface area contributed by atoms with Gasteiger partial charge in [0.1, 0.15) is 0 Å². The summed E-state index contributed by atoms with van der Waals surface area (Å²) in [6.45, 7) is 1.06. The van der Waals surface area contributed by atoms with E-state index in [9.17, 15) is 0 Å². The Morgan fingerprint density at radius 2 is 2.53 bits per heavy atom. The summed E-state index contributed by atoms with van der Waals surface area (Å²) in [4.78, 5) is 5.93. The average molecular weight is 242 g/mol. The predicted molar refractivity (Wildman–Crippen MR) is 68.9 cm³/mol. The molecule has 1 atom stereocenters. The molecule has 1 aliphatic rings. The fourth-order valence-corrected chi connectivity index (χ4v) is 4.19. The van der Waals surface area contributed by atoms with E-state index in [0.717, 1.165) is 18.2 Å². The van der Waals surface area contributed by atoms with Gasteiger partial charge in [-0.1, -0.05) is 0 Å². The van der Waals surface area contributed by atoms with Gasteiger partial charge in [-0.05, 0) is 38.6 Å².